The van der Waals surface area contributed by atoms with Crippen LogP contribution in [-0.4, -0.2) is 16.4 Å². The summed E-state index contributed by atoms with van der Waals surface area (Å²) in [4.78, 5) is 0. The number of benzene rings is 1. The van der Waals surface area contributed by atoms with Crippen LogP contribution >= 0.6 is 0 Å². The Morgan fingerprint density at radius 3 is 3.00 bits per heavy atom. The lowest BCUT2D eigenvalue weighted by atomic mass is 9.92. The van der Waals surface area contributed by atoms with Crippen LogP contribution in [-0.2, 0) is 24.9 Å². The number of rotatable bonds is 3. The van der Waals surface area contributed by atoms with Crippen molar-refractivity contribution in [2.45, 2.75) is 64.6 Å². The van der Waals surface area contributed by atoms with Crippen LogP contribution in [0.2, 0.25) is 0 Å². The van der Waals surface area contributed by atoms with Crippen molar-refractivity contribution < 1.29 is 4.74 Å². The average Bonchev–Trinajstić information content (AvgIpc) is 3.18. The predicted molar refractivity (Wildman–Crippen MR) is 95.4 cm³/mol. The molecule has 0 bridgehead atoms. The van der Waals surface area contributed by atoms with E-state index in [4.69, 9.17) is 4.74 Å². The van der Waals surface area contributed by atoms with Crippen molar-refractivity contribution in [1.82, 2.24) is 15.1 Å². The van der Waals surface area contributed by atoms with Crippen LogP contribution in [0.25, 0.3) is 0 Å². The quantitative estimate of drug-likeness (QED) is 0.934. The molecular weight excluding hydrogens is 298 g/mol. The minimum Gasteiger partial charge on any atom is -0.493 e. The predicted octanol–water partition coefficient (Wildman–Crippen LogP) is 3.74. The Morgan fingerprint density at radius 1 is 1.29 bits per heavy atom. The highest BCUT2D eigenvalue weighted by Crippen LogP contribution is 2.33. The first-order valence-corrected chi connectivity index (χ1v) is 9.07. The van der Waals surface area contributed by atoms with Crippen LogP contribution in [0.4, 0.5) is 0 Å². The largest absolute Gasteiger partial charge is 0.493 e. The lowest BCUT2D eigenvalue weighted by Crippen LogP contribution is -2.29. The third-order valence-electron chi connectivity index (χ3n) is 5.12. The lowest BCUT2D eigenvalue weighted by molar-refractivity contribution is 0.334. The lowest BCUT2D eigenvalue weighted by Gasteiger charge is -2.28. The fourth-order valence-corrected chi connectivity index (χ4v) is 3.94. The van der Waals surface area contributed by atoms with E-state index in [9.17, 15) is 0 Å². The molecule has 2 heterocycles. The van der Waals surface area contributed by atoms with Crippen LogP contribution < -0.4 is 10.1 Å². The zero-order valence-corrected chi connectivity index (χ0v) is 14.9. The van der Waals surface area contributed by atoms with E-state index in [1.807, 2.05) is 0 Å². The van der Waals surface area contributed by atoms with E-state index in [0.717, 1.165) is 31.7 Å². The molecule has 1 atom stereocenters. The molecular formula is C20H27N3O. The molecule has 0 spiro atoms. The smallest absolute Gasteiger partial charge is 0.122 e. The Bertz CT molecular complexity index is 742. The van der Waals surface area contributed by atoms with Crippen molar-refractivity contribution in [3.05, 3.63) is 46.8 Å². The fraction of sp³-hybridized carbons (Fsp3) is 0.550. The summed E-state index contributed by atoms with van der Waals surface area (Å²) in [5.41, 5.74) is 5.54. The minimum atomic E-state index is 0.0510. The second kappa shape index (κ2) is 5.92. The van der Waals surface area contributed by atoms with Crippen molar-refractivity contribution in [3.63, 3.8) is 0 Å². The number of aromatic nitrogens is 2. The van der Waals surface area contributed by atoms with Gasteiger partial charge in [0, 0.05) is 30.3 Å². The molecule has 24 heavy (non-hydrogen) atoms. The van der Waals surface area contributed by atoms with E-state index >= 15 is 0 Å². The molecule has 4 nitrogen and oxygen atoms in total. The maximum Gasteiger partial charge on any atom is 0.122 e. The van der Waals surface area contributed by atoms with E-state index in [1.165, 1.54) is 35.2 Å². The summed E-state index contributed by atoms with van der Waals surface area (Å²) in [5.74, 6) is 1.06. The van der Waals surface area contributed by atoms with Crippen LogP contribution in [0.15, 0.2) is 24.4 Å². The first-order chi connectivity index (χ1) is 11.5. The zero-order valence-electron chi connectivity index (χ0n) is 14.9. The topological polar surface area (TPSA) is 39.1 Å². The molecule has 0 amide bonds. The molecule has 0 saturated carbocycles. The van der Waals surface area contributed by atoms with Crippen LogP contribution in [0.5, 0.6) is 5.75 Å². The molecule has 1 aliphatic heterocycles. The average molecular weight is 325 g/mol. The second-order valence-electron chi connectivity index (χ2n) is 8.00. The van der Waals surface area contributed by atoms with E-state index in [2.05, 4.69) is 60.3 Å². The van der Waals surface area contributed by atoms with Gasteiger partial charge in [0.2, 0.25) is 0 Å². The van der Waals surface area contributed by atoms with Gasteiger partial charge in [-0.25, -0.2) is 0 Å². The molecule has 2 aromatic rings. The molecule has 4 heteroatoms. The summed E-state index contributed by atoms with van der Waals surface area (Å²) >= 11 is 0. The Labute approximate surface area is 144 Å². The fourth-order valence-electron chi connectivity index (χ4n) is 3.94. The maximum absolute atomic E-state index is 5.60. The SMILES string of the molecule is CC(C)(C)n1ncc2c1CCCC2NCc1ccc2c(c1)CCO2. The van der Waals surface area contributed by atoms with Gasteiger partial charge in [0.15, 0.2) is 0 Å². The number of nitrogens with one attached hydrogen (secondary N) is 1. The summed E-state index contributed by atoms with van der Waals surface area (Å²) < 4.78 is 7.81. The molecule has 1 aromatic heterocycles. The highest BCUT2D eigenvalue weighted by molar-refractivity contribution is 5.39. The Balaban J connectivity index is 1.50. The zero-order chi connectivity index (χ0) is 16.7. The van der Waals surface area contributed by atoms with Gasteiger partial charge in [-0.1, -0.05) is 12.1 Å². The molecule has 1 aromatic carbocycles. The molecule has 128 valence electrons. The molecule has 0 radical (unpaired) electrons. The summed E-state index contributed by atoms with van der Waals surface area (Å²) in [7, 11) is 0. The van der Waals surface area contributed by atoms with Crippen molar-refractivity contribution in [3.8, 4) is 5.75 Å². The van der Waals surface area contributed by atoms with Gasteiger partial charge in [-0.2, -0.15) is 5.10 Å². The molecule has 2 aliphatic rings. The maximum atomic E-state index is 5.60. The first kappa shape index (κ1) is 15.7. The minimum absolute atomic E-state index is 0.0510. The number of hydrogen-bond acceptors (Lipinski definition) is 3. The van der Waals surface area contributed by atoms with Crippen LogP contribution in [0.3, 0.4) is 0 Å². The van der Waals surface area contributed by atoms with Gasteiger partial charge in [0.1, 0.15) is 5.75 Å². The molecule has 1 N–H and O–H groups in total. The van der Waals surface area contributed by atoms with Gasteiger partial charge in [-0.3, -0.25) is 4.68 Å². The third-order valence-corrected chi connectivity index (χ3v) is 5.12. The van der Waals surface area contributed by atoms with E-state index < -0.39 is 0 Å². The normalized spacial score (nSPS) is 19.7. The summed E-state index contributed by atoms with van der Waals surface area (Å²) in [5, 5.41) is 8.44. The van der Waals surface area contributed by atoms with E-state index in [1.54, 1.807) is 0 Å². The number of hydrogen-bond donors (Lipinski definition) is 1. The highest BCUT2D eigenvalue weighted by Gasteiger charge is 2.27. The first-order valence-electron chi connectivity index (χ1n) is 9.07. The van der Waals surface area contributed by atoms with Gasteiger partial charge in [0.25, 0.3) is 0 Å². The number of nitrogens with zero attached hydrogens (tertiary/aromatic N) is 2. The summed E-state index contributed by atoms with van der Waals surface area (Å²) in [6.45, 7) is 8.40. The highest BCUT2D eigenvalue weighted by atomic mass is 16.5. The number of ether oxygens (including phenoxy) is 1. The molecule has 0 fully saturated rings. The standard InChI is InChI=1S/C20H27N3O/c1-20(2,3)23-18-6-4-5-17(16(18)13-22-23)21-12-14-7-8-19-15(11-14)9-10-24-19/h7-8,11,13,17,21H,4-6,9-10,12H2,1-3H3. The molecule has 0 saturated heterocycles. The Morgan fingerprint density at radius 2 is 2.17 bits per heavy atom. The monoisotopic (exact) mass is 325 g/mol. The summed E-state index contributed by atoms with van der Waals surface area (Å²) in [6.07, 6.45) is 6.67. The van der Waals surface area contributed by atoms with E-state index in [0.29, 0.717) is 6.04 Å². The van der Waals surface area contributed by atoms with Crippen molar-refractivity contribution in [2.75, 3.05) is 6.61 Å². The van der Waals surface area contributed by atoms with E-state index in [-0.39, 0.29) is 5.54 Å². The van der Waals surface area contributed by atoms with Gasteiger partial charge >= 0.3 is 0 Å². The van der Waals surface area contributed by atoms with Gasteiger partial charge < -0.3 is 10.1 Å². The second-order valence-corrected chi connectivity index (χ2v) is 8.00. The molecule has 1 aliphatic carbocycles. The van der Waals surface area contributed by atoms with Gasteiger partial charge in [-0.15, -0.1) is 0 Å². The van der Waals surface area contributed by atoms with Crippen molar-refractivity contribution in [2.24, 2.45) is 0 Å². The Kier molecular flexibility index (Phi) is 3.87. The van der Waals surface area contributed by atoms with Crippen molar-refractivity contribution in [1.29, 1.82) is 0 Å². The third kappa shape index (κ3) is 2.84. The summed E-state index contributed by atoms with van der Waals surface area (Å²) in [6, 6.07) is 7.00. The van der Waals surface area contributed by atoms with Gasteiger partial charge in [0.05, 0.1) is 18.3 Å². The van der Waals surface area contributed by atoms with Gasteiger partial charge in [-0.05, 0) is 57.2 Å². The van der Waals surface area contributed by atoms with Crippen LogP contribution in [0, 0.1) is 0 Å². The molecule has 4 rings (SSSR count). The van der Waals surface area contributed by atoms with Crippen molar-refractivity contribution >= 4 is 0 Å². The molecule has 1 unspecified atom stereocenters. The number of fused-ring (bicyclic) bond motifs is 2. The Hall–Kier alpha value is -1.81. The van der Waals surface area contributed by atoms with Crippen LogP contribution in [0.1, 0.15) is 62.0 Å².